The highest BCUT2D eigenvalue weighted by molar-refractivity contribution is 7.90. The maximum Gasteiger partial charge on any atom is 0.229 e. The molecule has 1 heterocycles. The Morgan fingerprint density at radius 2 is 1.81 bits per heavy atom. The zero-order chi connectivity index (χ0) is 31.5. The van der Waals surface area contributed by atoms with Crippen LogP contribution in [0.1, 0.15) is 69.0 Å². The third-order valence-corrected chi connectivity index (χ3v) is 11.4. The number of sulfonamides is 1. The minimum atomic E-state index is -3.50. The smallest absolute Gasteiger partial charge is 0.229 e. The minimum Gasteiger partial charge on any atom is -0.394 e. The Labute approximate surface area is 264 Å². The lowest BCUT2D eigenvalue weighted by Gasteiger charge is -2.52. The van der Waals surface area contributed by atoms with Crippen LogP contribution in [0.2, 0.25) is 10.0 Å². The normalized spacial score (nSPS) is 24.2. The maximum absolute atomic E-state index is 14.7. The Morgan fingerprint density at radius 1 is 1.14 bits per heavy atom. The summed E-state index contributed by atoms with van der Waals surface area (Å²) in [5.74, 6) is -0.981. The monoisotopic (exact) mass is 653 g/mol. The fraction of sp³-hybridized carbons (Fsp3) is 0.548. The van der Waals surface area contributed by atoms with E-state index in [1.165, 1.54) is 4.31 Å². The van der Waals surface area contributed by atoms with Crippen molar-refractivity contribution in [3.8, 4) is 0 Å². The van der Waals surface area contributed by atoms with Crippen molar-refractivity contribution < 1.29 is 28.2 Å². The van der Waals surface area contributed by atoms with Crippen molar-refractivity contribution in [1.29, 1.82) is 0 Å². The van der Waals surface area contributed by atoms with Gasteiger partial charge in [-0.3, -0.25) is 9.59 Å². The van der Waals surface area contributed by atoms with E-state index in [1.54, 1.807) is 37.1 Å². The average Bonchev–Trinajstić information content (AvgIpc) is 3.83. The van der Waals surface area contributed by atoms with E-state index in [0.717, 1.165) is 11.1 Å². The molecule has 1 saturated carbocycles. The van der Waals surface area contributed by atoms with Crippen molar-refractivity contribution in [1.82, 2.24) is 14.5 Å². The highest BCUT2D eigenvalue weighted by Crippen LogP contribution is 2.52. The van der Waals surface area contributed by atoms with Gasteiger partial charge in [0.15, 0.2) is 0 Å². The number of piperidine rings is 1. The van der Waals surface area contributed by atoms with Crippen molar-refractivity contribution in [3.05, 3.63) is 69.7 Å². The molecule has 0 bridgehead atoms. The first-order chi connectivity index (χ1) is 20.3. The Hall–Kier alpha value is -2.21. The first-order valence-corrected chi connectivity index (χ1v) is 16.9. The number of rotatable bonds is 13. The molecule has 2 aliphatic rings. The quantitative estimate of drug-likeness (QED) is 0.299. The summed E-state index contributed by atoms with van der Waals surface area (Å²) in [7, 11) is -1.93. The number of hydrogen-bond acceptors (Lipinski definition) is 6. The molecule has 1 aliphatic heterocycles. The predicted molar refractivity (Wildman–Crippen MR) is 167 cm³/mol. The second kappa shape index (κ2) is 13.8. The molecule has 236 valence electrons. The molecule has 2 aromatic rings. The van der Waals surface area contributed by atoms with Gasteiger partial charge in [0.05, 0.1) is 29.4 Å². The summed E-state index contributed by atoms with van der Waals surface area (Å²) in [5.41, 5.74) is 0.568. The highest BCUT2D eigenvalue weighted by atomic mass is 35.5. The van der Waals surface area contributed by atoms with Crippen LogP contribution < -0.4 is 5.32 Å². The van der Waals surface area contributed by atoms with Crippen molar-refractivity contribution >= 4 is 45.0 Å². The summed E-state index contributed by atoms with van der Waals surface area (Å²) >= 11 is 12.7. The van der Waals surface area contributed by atoms with Gasteiger partial charge in [-0.1, -0.05) is 61.3 Å². The second-order valence-electron chi connectivity index (χ2n) is 12.0. The first kappa shape index (κ1) is 33.7. The fourth-order valence-corrected chi connectivity index (χ4v) is 8.04. The molecular weight excluding hydrogens is 613 g/mol. The maximum atomic E-state index is 14.7. The van der Waals surface area contributed by atoms with E-state index < -0.39 is 46.1 Å². The van der Waals surface area contributed by atoms with E-state index in [4.69, 9.17) is 28.3 Å². The van der Waals surface area contributed by atoms with Crippen LogP contribution in [-0.2, 0) is 19.6 Å². The van der Waals surface area contributed by atoms with Crippen LogP contribution in [-0.4, -0.2) is 83.8 Å². The van der Waals surface area contributed by atoms with Crippen molar-refractivity contribution in [2.24, 2.45) is 5.41 Å². The number of carbonyl (C=O) groups is 2. The van der Waals surface area contributed by atoms with Gasteiger partial charge in [0.25, 0.3) is 0 Å². The van der Waals surface area contributed by atoms with Crippen molar-refractivity contribution in [2.75, 3.05) is 26.7 Å². The molecule has 43 heavy (non-hydrogen) atoms. The van der Waals surface area contributed by atoms with Gasteiger partial charge >= 0.3 is 0 Å². The number of nitrogens with zero attached hydrogens (tertiary/aromatic N) is 2. The largest absolute Gasteiger partial charge is 0.394 e. The second-order valence-corrected chi connectivity index (χ2v) is 15.2. The molecule has 9 nitrogen and oxygen atoms in total. The van der Waals surface area contributed by atoms with Gasteiger partial charge < -0.3 is 20.4 Å². The van der Waals surface area contributed by atoms with E-state index in [0.29, 0.717) is 35.7 Å². The molecule has 2 fully saturated rings. The molecule has 0 aromatic heterocycles. The number of aliphatic hydroxyl groups excluding tert-OH is 2. The molecule has 12 heteroatoms. The molecule has 1 saturated heterocycles. The van der Waals surface area contributed by atoms with Crippen LogP contribution in [0, 0.1) is 5.41 Å². The third kappa shape index (κ3) is 7.72. The van der Waals surface area contributed by atoms with Crippen LogP contribution >= 0.6 is 23.2 Å². The number of benzene rings is 2. The zero-order valence-electron chi connectivity index (χ0n) is 24.7. The topological polar surface area (TPSA) is 127 Å². The molecule has 5 atom stereocenters. The summed E-state index contributed by atoms with van der Waals surface area (Å²) in [4.78, 5) is 29.6. The van der Waals surface area contributed by atoms with Crippen LogP contribution in [0.5, 0.6) is 0 Å². The van der Waals surface area contributed by atoms with E-state index >= 15 is 0 Å². The Morgan fingerprint density at radius 3 is 2.40 bits per heavy atom. The SMILES string of the molecule is CC[C@@H](CN(C)S(=O)(=O)C1CC1)N1C(=O)[C@](C)(CC(=O)NC[C@@H](O)CO)C[C@H](c2cccc(Cl)c2)[C@H]1c1ccc(Cl)cc1. The third-order valence-electron chi connectivity index (χ3n) is 8.60. The van der Waals surface area contributed by atoms with E-state index in [9.17, 15) is 23.1 Å². The Kier molecular flexibility index (Phi) is 10.8. The number of hydrogen-bond donors (Lipinski definition) is 3. The van der Waals surface area contributed by atoms with E-state index in [2.05, 4.69) is 5.32 Å². The molecular formula is C31H41Cl2N3O6S. The Balaban J connectivity index is 1.81. The minimum absolute atomic E-state index is 0.110. The summed E-state index contributed by atoms with van der Waals surface area (Å²) < 4.78 is 27.7. The lowest BCUT2D eigenvalue weighted by molar-refractivity contribution is -0.157. The van der Waals surface area contributed by atoms with Gasteiger partial charge in [-0.2, -0.15) is 0 Å². The predicted octanol–water partition coefficient (Wildman–Crippen LogP) is 4.12. The van der Waals surface area contributed by atoms with Crippen LogP contribution in [0.4, 0.5) is 0 Å². The van der Waals surface area contributed by atoms with Crippen molar-refractivity contribution in [3.63, 3.8) is 0 Å². The zero-order valence-corrected chi connectivity index (χ0v) is 27.1. The van der Waals surface area contributed by atoms with Crippen molar-refractivity contribution in [2.45, 2.75) is 75.3 Å². The lowest BCUT2D eigenvalue weighted by atomic mass is 9.67. The average molecular weight is 655 g/mol. The molecule has 2 aromatic carbocycles. The number of halogens is 2. The number of aliphatic hydroxyl groups is 2. The number of likely N-dealkylation sites (N-methyl/N-ethyl adjacent to an activating group) is 1. The van der Waals surface area contributed by atoms with Crippen LogP contribution in [0.3, 0.4) is 0 Å². The summed E-state index contributed by atoms with van der Waals surface area (Å²) in [5, 5.41) is 22.2. The summed E-state index contributed by atoms with van der Waals surface area (Å²) in [6.45, 7) is 3.16. The number of carbonyl (C=O) groups excluding carboxylic acids is 2. The molecule has 2 amide bonds. The lowest BCUT2D eigenvalue weighted by Crippen LogP contribution is -2.58. The summed E-state index contributed by atoms with van der Waals surface area (Å²) in [6, 6.07) is 13.8. The van der Waals surface area contributed by atoms with E-state index in [-0.39, 0.29) is 36.6 Å². The molecule has 3 N–H and O–H groups in total. The molecule has 0 spiro atoms. The molecule has 4 rings (SSSR count). The Bertz CT molecular complexity index is 1400. The van der Waals surface area contributed by atoms with Gasteiger partial charge in [0.1, 0.15) is 0 Å². The van der Waals surface area contributed by atoms with Gasteiger partial charge in [0, 0.05) is 48.6 Å². The van der Waals surface area contributed by atoms with Crippen LogP contribution in [0.25, 0.3) is 0 Å². The van der Waals surface area contributed by atoms with Gasteiger partial charge in [0.2, 0.25) is 21.8 Å². The van der Waals surface area contributed by atoms with Gasteiger partial charge in [-0.15, -0.1) is 0 Å². The first-order valence-electron chi connectivity index (χ1n) is 14.6. The molecule has 0 unspecified atom stereocenters. The summed E-state index contributed by atoms with van der Waals surface area (Å²) in [6.07, 6.45) is 0.796. The standard InChI is InChI=1S/C31H41Cl2N3O6S/c1-4-24(18-35(3)43(41,42)26-12-13-26)36-29(20-8-10-22(32)11-9-20)27(21-6-5-7-23(33)14-21)15-31(2,30(36)40)16-28(39)34-17-25(38)19-37/h5-11,14,24-27,29,37-38H,4,12-13,15-19H2,1-3H3,(H,34,39)/t24-,25+,27+,29+,31-/m0/s1. The molecule has 1 aliphatic carbocycles. The highest BCUT2D eigenvalue weighted by Gasteiger charge is 2.52. The number of amides is 2. The fourth-order valence-electron chi connectivity index (χ4n) is 6.10. The number of nitrogens with one attached hydrogen (secondary N) is 1. The van der Waals surface area contributed by atoms with Gasteiger partial charge in [-0.25, -0.2) is 12.7 Å². The van der Waals surface area contributed by atoms with Crippen LogP contribution in [0.15, 0.2) is 48.5 Å². The van der Waals surface area contributed by atoms with Gasteiger partial charge in [-0.05, 0) is 61.1 Å². The van der Waals surface area contributed by atoms with E-state index in [1.807, 2.05) is 37.3 Å². The molecule has 0 radical (unpaired) electrons. The number of likely N-dealkylation sites (tertiary alicyclic amines) is 1.